The predicted octanol–water partition coefficient (Wildman–Crippen LogP) is 1.42. The van der Waals surface area contributed by atoms with Crippen molar-refractivity contribution in [1.29, 1.82) is 0 Å². The van der Waals surface area contributed by atoms with Gasteiger partial charge in [-0.15, -0.1) is 6.42 Å². The van der Waals surface area contributed by atoms with Crippen molar-refractivity contribution < 1.29 is 12.6 Å². The molecule has 0 amide bonds. The first-order chi connectivity index (χ1) is 8.85. The van der Waals surface area contributed by atoms with E-state index in [1.165, 1.54) is 0 Å². The summed E-state index contributed by atoms with van der Waals surface area (Å²) in [5.41, 5.74) is 0. The van der Waals surface area contributed by atoms with Crippen LogP contribution in [0.3, 0.4) is 0 Å². The van der Waals surface area contributed by atoms with E-state index in [-0.39, 0.29) is 12.0 Å². The van der Waals surface area contributed by atoms with Gasteiger partial charge in [-0.2, -0.15) is 8.42 Å². The molecular formula is C14H21NO3S. The summed E-state index contributed by atoms with van der Waals surface area (Å²) in [6.45, 7) is 2.39. The Hall–Kier alpha value is -1.09. The van der Waals surface area contributed by atoms with Crippen LogP contribution in [0.25, 0.3) is 0 Å². The van der Waals surface area contributed by atoms with Crippen LogP contribution in [0.4, 0.5) is 0 Å². The lowest BCUT2D eigenvalue weighted by Crippen LogP contribution is -2.45. The van der Waals surface area contributed by atoms with Crippen LogP contribution in [0.2, 0.25) is 0 Å². The summed E-state index contributed by atoms with van der Waals surface area (Å²) in [6.07, 6.45) is 14.6. The van der Waals surface area contributed by atoms with Gasteiger partial charge in [-0.05, 0) is 20.4 Å². The first kappa shape index (κ1) is 16.0. The summed E-state index contributed by atoms with van der Waals surface area (Å²) in [7, 11) is -1.64. The molecule has 1 aliphatic carbocycles. The number of allylic oxidation sites excluding steroid dienone is 3. The van der Waals surface area contributed by atoms with Gasteiger partial charge in [0.05, 0.1) is 18.9 Å². The molecule has 0 N–H and O–H groups in total. The second kappa shape index (κ2) is 6.90. The van der Waals surface area contributed by atoms with Crippen molar-refractivity contribution in [3.05, 3.63) is 24.3 Å². The van der Waals surface area contributed by atoms with Gasteiger partial charge in [-0.25, -0.2) is 0 Å². The molecule has 0 saturated carbocycles. The fourth-order valence-electron chi connectivity index (χ4n) is 2.09. The second-order valence-corrected chi connectivity index (χ2v) is 6.44. The molecule has 1 rings (SSSR count). The van der Waals surface area contributed by atoms with E-state index in [1.807, 2.05) is 43.2 Å². The lowest BCUT2D eigenvalue weighted by Gasteiger charge is -2.34. The maximum atomic E-state index is 11.4. The fraction of sp³-hybridized carbons (Fsp3) is 0.571. The molecule has 0 aliphatic heterocycles. The fourth-order valence-corrected chi connectivity index (χ4v) is 2.80. The third-order valence-electron chi connectivity index (χ3n) is 3.23. The van der Waals surface area contributed by atoms with E-state index in [1.54, 1.807) is 0 Å². The highest BCUT2D eigenvalue weighted by atomic mass is 32.2. The van der Waals surface area contributed by atoms with Crippen molar-refractivity contribution in [2.75, 3.05) is 19.8 Å². The van der Waals surface area contributed by atoms with Crippen LogP contribution < -0.4 is 0 Å². The van der Waals surface area contributed by atoms with Gasteiger partial charge in [0.2, 0.25) is 0 Å². The van der Waals surface area contributed by atoms with Gasteiger partial charge < -0.3 is 0 Å². The van der Waals surface area contributed by atoms with Crippen LogP contribution in [0.15, 0.2) is 24.3 Å². The maximum absolute atomic E-state index is 11.4. The van der Waals surface area contributed by atoms with Crippen molar-refractivity contribution in [3.63, 3.8) is 0 Å². The lowest BCUT2D eigenvalue weighted by atomic mass is 9.90. The lowest BCUT2D eigenvalue weighted by molar-refractivity contribution is 0.0750. The SMILES string of the molecule is C#CCN(C)C(C)C(OS(C)(=O)=O)C1C=CC=CC1. The van der Waals surface area contributed by atoms with Crippen LogP contribution in [0, 0.1) is 18.3 Å². The minimum Gasteiger partial charge on any atom is -0.290 e. The molecule has 0 radical (unpaired) electrons. The normalized spacial score (nSPS) is 22.2. The Balaban J connectivity index is 2.88. The molecule has 0 heterocycles. The largest absolute Gasteiger partial charge is 0.290 e. The van der Waals surface area contributed by atoms with Gasteiger partial charge in [-0.3, -0.25) is 9.08 Å². The monoisotopic (exact) mass is 283 g/mol. The van der Waals surface area contributed by atoms with Crippen LogP contribution in [0.1, 0.15) is 13.3 Å². The summed E-state index contributed by atoms with van der Waals surface area (Å²) < 4.78 is 28.2. The summed E-state index contributed by atoms with van der Waals surface area (Å²) in [6, 6.07) is -0.0908. The average molecular weight is 283 g/mol. The molecule has 0 bridgehead atoms. The molecule has 106 valence electrons. The highest BCUT2D eigenvalue weighted by Crippen LogP contribution is 2.24. The molecule has 3 unspecified atom stereocenters. The van der Waals surface area contributed by atoms with Crippen LogP contribution in [-0.2, 0) is 14.3 Å². The van der Waals surface area contributed by atoms with Crippen molar-refractivity contribution in [3.8, 4) is 12.3 Å². The summed E-state index contributed by atoms with van der Waals surface area (Å²) in [5, 5.41) is 0. The zero-order valence-corrected chi connectivity index (χ0v) is 12.4. The van der Waals surface area contributed by atoms with Crippen LogP contribution in [-0.4, -0.2) is 45.3 Å². The molecule has 0 spiro atoms. The Morgan fingerprint density at radius 3 is 2.68 bits per heavy atom. The molecular weight excluding hydrogens is 262 g/mol. The topological polar surface area (TPSA) is 46.6 Å². The number of likely N-dealkylation sites (N-methyl/N-ethyl adjacent to an activating group) is 1. The van der Waals surface area contributed by atoms with E-state index in [2.05, 4.69) is 5.92 Å². The number of hydrogen-bond acceptors (Lipinski definition) is 4. The summed E-state index contributed by atoms with van der Waals surface area (Å²) in [4.78, 5) is 1.92. The van der Waals surface area contributed by atoms with Gasteiger partial charge in [0.1, 0.15) is 0 Å². The van der Waals surface area contributed by atoms with Crippen molar-refractivity contribution in [1.82, 2.24) is 4.90 Å². The quantitative estimate of drug-likeness (QED) is 0.546. The molecule has 0 aromatic carbocycles. The third-order valence-corrected chi connectivity index (χ3v) is 3.80. The Kier molecular flexibility index (Phi) is 5.80. The van der Waals surface area contributed by atoms with Crippen molar-refractivity contribution in [2.45, 2.75) is 25.5 Å². The van der Waals surface area contributed by atoms with E-state index < -0.39 is 16.2 Å². The minimum atomic E-state index is -3.50. The molecule has 4 nitrogen and oxygen atoms in total. The second-order valence-electron chi connectivity index (χ2n) is 4.84. The van der Waals surface area contributed by atoms with E-state index in [0.717, 1.165) is 12.7 Å². The number of nitrogens with zero attached hydrogens (tertiary/aromatic N) is 1. The smallest absolute Gasteiger partial charge is 0.264 e. The van der Waals surface area contributed by atoms with Crippen LogP contribution >= 0.6 is 0 Å². The Morgan fingerprint density at radius 1 is 1.53 bits per heavy atom. The molecule has 0 aromatic rings. The van der Waals surface area contributed by atoms with Gasteiger partial charge in [0.15, 0.2) is 0 Å². The number of terminal acetylenes is 1. The number of rotatable bonds is 6. The van der Waals surface area contributed by atoms with E-state index in [0.29, 0.717) is 6.54 Å². The van der Waals surface area contributed by atoms with Gasteiger partial charge in [0.25, 0.3) is 10.1 Å². The van der Waals surface area contributed by atoms with E-state index >= 15 is 0 Å². The predicted molar refractivity (Wildman–Crippen MR) is 77.0 cm³/mol. The first-order valence-corrected chi connectivity index (χ1v) is 8.02. The van der Waals surface area contributed by atoms with Gasteiger partial charge >= 0.3 is 0 Å². The Bertz CT molecular complexity index is 487. The third kappa shape index (κ3) is 5.19. The first-order valence-electron chi connectivity index (χ1n) is 6.20. The van der Waals surface area contributed by atoms with Gasteiger partial charge in [-0.1, -0.05) is 30.2 Å². The zero-order valence-electron chi connectivity index (χ0n) is 11.6. The van der Waals surface area contributed by atoms with Gasteiger partial charge in [0, 0.05) is 12.0 Å². The highest BCUT2D eigenvalue weighted by molar-refractivity contribution is 7.86. The maximum Gasteiger partial charge on any atom is 0.264 e. The molecule has 1 aliphatic rings. The van der Waals surface area contributed by atoms with E-state index in [9.17, 15) is 8.42 Å². The number of hydrogen-bond donors (Lipinski definition) is 0. The standard InChI is InChI=1S/C14H21NO3S/c1-5-11-15(3)12(2)14(18-19(4,16)17)13-9-7-6-8-10-13/h1,6-9,12-14H,10-11H2,2-4H3. The molecule has 0 aromatic heterocycles. The average Bonchev–Trinajstić information content (AvgIpc) is 2.35. The minimum absolute atomic E-state index is 0.0370. The van der Waals surface area contributed by atoms with Crippen molar-refractivity contribution in [2.24, 2.45) is 5.92 Å². The molecule has 0 saturated heterocycles. The Morgan fingerprint density at radius 2 is 2.21 bits per heavy atom. The van der Waals surface area contributed by atoms with Crippen molar-refractivity contribution >= 4 is 10.1 Å². The van der Waals surface area contributed by atoms with E-state index in [4.69, 9.17) is 10.6 Å². The summed E-state index contributed by atoms with van der Waals surface area (Å²) >= 11 is 0. The van der Waals surface area contributed by atoms with Crippen LogP contribution in [0.5, 0.6) is 0 Å². The highest BCUT2D eigenvalue weighted by Gasteiger charge is 2.31. The molecule has 19 heavy (non-hydrogen) atoms. The molecule has 0 fully saturated rings. The molecule has 3 atom stereocenters. The molecule has 5 heteroatoms. The Labute approximate surface area is 116 Å². The zero-order chi connectivity index (χ0) is 14.5. The summed E-state index contributed by atoms with van der Waals surface area (Å²) in [5.74, 6) is 2.59.